The van der Waals surface area contributed by atoms with Crippen molar-refractivity contribution in [1.82, 2.24) is 4.90 Å². The summed E-state index contributed by atoms with van der Waals surface area (Å²) >= 11 is 0. The summed E-state index contributed by atoms with van der Waals surface area (Å²) in [5, 5.41) is 0. The second kappa shape index (κ2) is 4.66. The molecule has 0 spiro atoms. The molecular formula is C14H28N2. The van der Waals surface area contributed by atoms with E-state index in [1.165, 1.54) is 45.2 Å². The van der Waals surface area contributed by atoms with Crippen molar-refractivity contribution in [1.29, 1.82) is 0 Å². The van der Waals surface area contributed by atoms with E-state index in [1.54, 1.807) is 0 Å². The maximum Gasteiger partial charge on any atom is 0.0110 e. The van der Waals surface area contributed by atoms with E-state index >= 15 is 0 Å². The van der Waals surface area contributed by atoms with Crippen molar-refractivity contribution in [3.63, 3.8) is 0 Å². The highest BCUT2D eigenvalue weighted by atomic mass is 15.2. The van der Waals surface area contributed by atoms with Crippen LogP contribution in [0.25, 0.3) is 0 Å². The smallest absolute Gasteiger partial charge is 0.0110 e. The zero-order valence-electron chi connectivity index (χ0n) is 11.2. The lowest BCUT2D eigenvalue weighted by Gasteiger charge is -2.35. The van der Waals surface area contributed by atoms with Crippen LogP contribution in [0.3, 0.4) is 0 Å². The Balaban J connectivity index is 1.88. The zero-order valence-corrected chi connectivity index (χ0v) is 11.2. The molecule has 2 aliphatic rings. The van der Waals surface area contributed by atoms with E-state index in [0.717, 1.165) is 12.0 Å². The number of likely N-dealkylation sites (tertiary alicyclic amines) is 1. The van der Waals surface area contributed by atoms with Gasteiger partial charge in [-0.2, -0.15) is 0 Å². The fourth-order valence-corrected chi connectivity index (χ4v) is 3.36. The Morgan fingerprint density at radius 2 is 1.88 bits per heavy atom. The highest BCUT2D eigenvalue weighted by molar-refractivity contribution is 4.90. The summed E-state index contributed by atoms with van der Waals surface area (Å²) in [7, 11) is 0. The van der Waals surface area contributed by atoms with E-state index < -0.39 is 0 Å². The summed E-state index contributed by atoms with van der Waals surface area (Å²) in [5.74, 6) is 0.880. The summed E-state index contributed by atoms with van der Waals surface area (Å²) in [5.41, 5.74) is 6.56. The number of rotatable bonds is 1. The first-order chi connectivity index (χ1) is 7.47. The topological polar surface area (TPSA) is 29.3 Å². The molecule has 0 radical (unpaired) electrons. The molecule has 0 amide bonds. The van der Waals surface area contributed by atoms with Crippen LogP contribution < -0.4 is 5.73 Å². The minimum absolute atomic E-state index is 0.465. The average molecular weight is 224 g/mol. The molecule has 2 heteroatoms. The third-order valence-electron chi connectivity index (χ3n) is 4.65. The Labute approximate surface area is 101 Å². The van der Waals surface area contributed by atoms with Crippen molar-refractivity contribution in [3.8, 4) is 0 Å². The summed E-state index contributed by atoms with van der Waals surface area (Å²) in [6, 6.07) is 1.25. The average Bonchev–Trinajstić information content (AvgIpc) is 2.65. The molecule has 3 atom stereocenters. The van der Waals surface area contributed by atoms with Crippen LogP contribution in [0.4, 0.5) is 0 Å². The second-order valence-electron chi connectivity index (χ2n) is 6.93. The predicted molar refractivity (Wildman–Crippen MR) is 69.4 cm³/mol. The van der Waals surface area contributed by atoms with E-state index in [2.05, 4.69) is 25.7 Å². The van der Waals surface area contributed by atoms with Gasteiger partial charge in [-0.1, -0.05) is 27.2 Å². The zero-order chi connectivity index (χ0) is 11.8. The van der Waals surface area contributed by atoms with Crippen molar-refractivity contribution in [2.24, 2.45) is 17.1 Å². The fraction of sp³-hybridized carbons (Fsp3) is 1.00. The van der Waals surface area contributed by atoms with Gasteiger partial charge in [-0.25, -0.2) is 0 Å². The number of hydrogen-bond donors (Lipinski definition) is 1. The highest BCUT2D eigenvalue weighted by Gasteiger charge is 2.35. The van der Waals surface area contributed by atoms with Gasteiger partial charge >= 0.3 is 0 Å². The number of hydrogen-bond acceptors (Lipinski definition) is 2. The van der Waals surface area contributed by atoms with Gasteiger partial charge in [0.05, 0.1) is 0 Å². The van der Waals surface area contributed by atoms with Crippen LogP contribution in [0, 0.1) is 11.3 Å². The van der Waals surface area contributed by atoms with Crippen LogP contribution in [0.5, 0.6) is 0 Å². The Bertz CT molecular complexity index is 231. The molecule has 1 saturated heterocycles. The minimum atomic E-state index is 0.465. The molecule has 94 valence electrons. The van der Waals surface area contributed by atoms with E-state index in [9.17, 15) is 0 Å². The van der Waals surface area contributed by atoms with Crippen molar-refractivity contribution in [2.75, 3.05) is 13.1 Å². The molecule has 2 rings (SSSR count). The Morgan fingerprint density at radius 1 is 1.12 bits per heavy atom. The van der Waals surface area contributed by atoms with Crippen LogP contribution in [0.2, 0.25) is 0 Å². The van der Waals surface area contributed by atoms with Crippen molar-refractivity contribution in [3.05, 3.63) is 0 Å². The van der Waals surface area contributed by atoms with E-state index in [4.69, 9.17) is 5.73 Å². The van der Waals surface area contributed by atoms with Gasteiger partial charge in [0.15, 0.2) is 0 Å². The standard InChI is InChI=1S/C14H28N2/c1-14(2,3)11-7-8-16(10-11)13-6-4-5-12(15)9-13/h11-13H,4-10,15H2,1-3H3. The molecule has 0 bridgehead atoms. The molecular weight excluding hydrogens is 196 g/mol. The number of nitrogens with zero attached hydrogens (tertiary/aromatic N) is 1. The van der Waals surface area contributed by atoms with Crippen molar-refractivity contribution < 1.29 is 0 Å². The lowest BCUT2D eigenvalue weighted by molar-refractivity contribution is 0.156. The Kier molecular flexibility index (Phi) is 3.60. The third-order valence-corrected chi connectivity index (χ3v) is 4.65. The molecule has 2 N–H and O–H groups in total. The fourth-order valence-electron chi connectivity index (χ4n) is 3.36. The van der Waals surface area contributed by atoms with E-state index in [1.807, 2.05) is 0 Å². The first-order valence-corrected chi connectivity index (χ1v) is 6.96. The molecule has 16 heavy (non-hydrogen) atoms. The van der Waals surface area contributed by atoms with Crippen LogP contribution in [-0.2, 0) is 0 Å². The maximum absolute atomic E-state index is 6.09. The van der Waals surface area contributed by atoms with Crippen molar-refractivity contribution >= 4 is 0 Å². The molecule has 1 aliphatic carbocycles. The molecule has 1 heterocycles. The van der Waals surface area contributed by atoms with Crippen molar-refractivity contribution in [2.45, 2.75) is 65.0 Å². The van der Waals surface area contributed by atoms with Gasteiger partial charge in [-0.15, -0.1) is 0 Å². The molecule has 3 unspecified atom stereocenters. The van der Waals surface area contributed by atoms with Gasteiger partial charge < -0.3 is 10.6 Å². The summed E-state index contributed by atoms with van der Waals surface area (Å²) < 4.78 is 0. The monoisotopic (exact) mass is 224 g/mol. The van der Waals surface area contributed by atoms with Crippen LogP contribution in [0.1, 0.15) is 52.9 Å². The van der Waals surface area contributed by atoms with Crippen LogP contribution in [-0.4, -0.2) is 30.1 Å². The van der Waals surface area contributed by atoms with Gasteiger partial charge in [0.2, 0.25) is 0 Å². The van der Waals surface area contributed by atoms with Gasteiger partial charge in [0.25, 0.3) is 0 Å². The predicted octanol–water partition coefficient (Wildman–Crippen LogP) is 2.62. The maximum atomic E-state index is 6.09. The first kappa shape index (κ1) is 12.4. The van der Waals surface area contributed by atoms with Crippen LogP contribution >= 0.6 is 0 Å². The SMILES string of the molecule is CC(C)(C)C1CCN(C2CCCC(N)C2)C1. The van der Waals surface area contributed by atoms with Gasteiger partial charge in [0.1, 0.15) is 0 Å². The molecule has 0 aromatic heterocycles. The molecule has 0 aromatic rings. The summed E-state index contributed by atoms with van der Waals surface area (Å²) in [6.45, 7) is 9.76. The number of nitrogens with two attached hydrogens (primary N) is 1. The highest BCUT2D eigenvalue weighted by Crippen LogP contribution is 2.36. The van der Waals surface area contributed by atoms with Gasteiger partial charge in [0, 0.05) is 18.6 Å². The quantitative estimate of drug-likeness (QED) is 0.742. The van der Waals surface area contributed by atoms with Crippen LogP contribution in [0.15, 0.2) is 0 Å². The Hall–Kier alpha value is -0.0800. The largest absolute Gasteiger partial charge is 0.328 e. The molecule has 2 nitrogen and oxygen atoms in total. The Morgan fingerprint density at radius 3 is 2.44 bits per heavy atom. The lowest BCUT2D eigenvalue weighted by atomic mass is 9.80. The van der Waals surface area contributed by atoms with Gasteiger partial charge in [-0.05, 0) is 43.6 Å². The first-order valence-electron chi connectivity index (χ1n) is 6.96. The summed E-state index contributed by atoms with van der Waals surface area (Å²) in [4.78, 5) is 2.72. The normalized spacial score (nSPS) is 37.9. The molecule has 1 saturated carbocycles. The molecule has 0 aromatic carbocycles. The van der Waals surface area contributed by atoms with E-state index in [-0.39, 0.29) is 0 Å². The van der Waals surface area contributed by atoms with Gasteiger partial charge in [-0.3, -0.25) is 0 Å². The second-order valence-corrected chi connectivity index (χ2v) is 6.93. The third kappa shape index (κ3) is 2.78. The molecule has 1 aliphatic heterocycles. The summed E-state index contributed by atoms with van der Waals surface area (Å²) in [6.07, 6.45) is 6.58. The van der Waals surface area contributed by atoms with E-state index in [0.29, 0.717) is 11.5 Å². The lowest BCUT2D eigenvalue weighted by Crippen LogP contribution is -2.42. The minimum Gasteiger partial charge on any atom is -0.328 e. The molecule has 2 fully saturated rings.